The van der Waals surface area contributed by atoms with E-state index >= 15 is 0 Å². The largest absolute Gasteiger partial charge is 0.469 e. The zero-order valence-electron chi connectivity index (χ0n) is 13.5. The van der Waals surface area contributed by atoms with Gasteiger partial charge in [-0.25, -0.2) is 4.39 Å². The van der Waals surface area contributed by atoms with Gasteiger partial charge >= 0.3 is 0 Å². The van der Waals surface area contributed by atoms with Crippen molar-refractivity contribution in [1.29, 1.82) is 0 Å². The molecule has 2 rings (SSSR count). The second-order valence-electron chi connectivity index (χ2n) is 5.04. The van der Waals surface area contributed by atoms with Crippen LogP contribution in [0.15, 0.2) is 64.7 Å². The standard InChI is InChI=1S/C18H22FN3O.HI/c1-2-10-20-18(22-12-9-17-7-4-13-23-17)21-11-8-15-5-3-6-16(19)14-15;/h2-7,13-14H,1,8-12H2,(H2,20,21,22);1H. The van der Waals surface area contributed by atoms with Crippen LogP contribution in [0, 0.1) is 5.82 Å². The topological polar surface area (TPSA) is 49.6 Å². The summed E-state index contributed by atoms with van der Waals surface area (Å²) < 4.78 is 18.4. The molecule has 0 bridgehead atoms. The van der Waals surface area contributed by atoms with Gasteiger partial charge in [0.2, 0.25) is 0 Å². The van der Waals surface area contributed by atoms with E-state index in [9.17, 15) is 4.39 Å². The van der Waals surface area contributed by atoms with E-state index in [-0.39, 0.29) is 29.8 Å². The van der Waals surface area contributed by atoms with Gasteiger partial charge in [-0.15, -0.1) is 30.6 Å². The second kappa shape index (κ2) is 11.7. The Bertz CT molecular complexity index is 629. The Labute approximate surface area is 159 Å². The third-order valence-electron chi connectivity index (χ3n) is 3.22. The summed E-state index contributed by atoms with van der Waals surface area (Å²) in [7, 11) is 0. The molecule has 0 spiro atoms. The third kappa shape index (κ3) is 7.63. The summed E-state index contributed by atoms with van der Waals surface area (Å²) >= 11 is 0. The highest BCUT2D eigenvalue weighted by atomic mass is 127. The fraction of sp³-hybridized carbons (Fsp3) is 0.278. The predicted octanol–water partition coefficient (Wildman–Crippen LogP) is 3.54. The van der Waals surface area contributed by atoms with Crippen molar-refractivity contribution in [2.45, 2.75) is 12.8 Å². The van der Waals surface area contributed by atoms with Crippen LogP contribution in [0.5, 0.6) is 0 Å². The van der Waals surface area contributed by atoms with Gasteiger partial charge in [0, 0.05) is 26.1 Å². The fourth-order valence-electron chi connectivity index (χ4n) is 2.09. The van der Waals surface area contributed by atoms with Crippen molar-refractivity contribution >= 4 is 29.9 Å². The summed E-state index contributed by atoms with van der Waals surface area (Å²) in [5.74, 6) is 1.42. The van der Waals surface area contributed by atoms with Gasteiger partial charge in [0.05, 0.1) is 6.26 Å². The molecule has 0 aliphatic heterocycles. The highest BCUT2D eigenvalue weighted by Gasteiger charge is 2.00. The van der Waals surface area contributed by atoms with Crippen molar-refractivity contribution < 1.29 is 8.81 Å². The molecule has 0 saturated carbocycles. The number of furan rings is 1. The fourth-order valence-corrected chi connectivity index (χ4v) is 2.09. The Balaban J connectivity index is 0.00000288. The molecule has 0 radical (unpaired) electrons. The lowest BCUT2D eigenvalue weighted by Crippen LogP contribution is -2.38. The van der Waals surface area contributed by atoms with Crippen LogP contribution in [-0.4, -0.2) is 25.6 Å². The molecule has 2 aromatic rings. The van der Waals surface area contributed by atoms with E-state index in [2.05, 4.69) is 22.2 Å². The van der Waals surface area contributed by atoms with Crippen LogP contribution < -0.4 is 10.6 Å². The first-order chi connectivity index (χ1) is 11.3. The van der Waals surface area contributed by atoms with Crippen LogP contribution in [-0.2, 0) is 12.8 Å². The lowest BCUT2D eigenvalue weighted by molar-refractivity contribution is 0.510. The molecule has 1 aromatic heterocycles. The van der Waals surface area contributed by atoms with Crippen molar-refractivity contribution in [3.05, 3.63) is 72.5 Å². The van der Waals surface area contributed by atoms with Crippen LogP contribution >= 0.6 is 24.0 Å². The van der Waals surface area contributed by atoms with Gasteiger partial charge in [0.15, 0.2) is 5.96 Å². The van der Waals surface area contributed by atoms with Crippen LogP contribution in [0.25, 0.3) is 0 Å². The molecule has 24 heavy (non-hydrogen) atoms. The van der Waals surface area contributed by atoms with E-state index in [0.29, 0.717) is 25.6 Å². The third-order valence-corrected chi connectivity index (χ3v) is 3.22. The van der Waals surface area contributed by atoms with Crippen LogP contribution in [0.3, 0.4) is 0 Å². The van der Waals surface area contributed by atoms with Gasteiger partial charge in [-0.3, -0.25) is 4.99 Å². The smallest absolute Gasteiger partial charge is 0.191 e. The number of guanidine groups is 1. The first-order valence-corrected chi connectivity index (χ1v) is 7.68. The predicted molar refractivity (Wildman–Crippen MR) is 106 cm³/mol. The maximum Gasteiger partial charge on any atom is 0.191 e. The number of halogens is 2. The lowest BCUT2D eigenvalue weighted by Gasteiger charge is -2.11. The molecule has 1 aromatic carbocycles. The first kappa shape index (κ1) is 20.2. The molecule has 0 aliphatic rings. The van der Waals surface area contributed by atoms with Gasteiger partial charge in [-0.1, -0.05) is 18.2 Å². The van der Waals surface area contributed by atoms with Crippen LogP contribution in [0.1, 0.15) is 11.3 Å². The minimum atomic E-state index is -0.209. The average molecular weight is 443 g/mol. The SMILES string of the molecule is C=CCNC(=NCCc1ccco1)NCCc1cccc(F)c1.I. The second-order valence-corrected chi connectivity index (χ2v) is 5.04. The van der Waals surface area contributed by atoms with Gasteiger partial charge < -0.3 is 15.1 Å². The summed E-state index contributed by atoms with van der Waals surface area (Å²) in [4.78, 5) is 4.50. The molecule has 6 heteroatoms. The Hall–Kier alpha value is -1.83. The number of hydrogen-bond acceptors (Lipinski definition) is 2. The van der Waals surface area contributed by atoms with Crippen molar-refractivity contribution in [1.82, 2.24) is 10.6 Å². The number of benzene rings is 1. The van der Waals surface area contributed by atoms with Gasteiger partial charge in [0.1, 0.15) is 11.6 Å². The Kier molecular flexibility index (Phi) is 9.83. The minimum absolute atomic E-state index is 0. The molecule has 0 unspecified atom stereocenters. The van der Waals surface area contributed by atoms with Crippen LogP contribution in [0.2, 0.25) is 0 Å². The summed E-state index contributed by atoms with van der Waals surface area (Å²) in [5, 5.41) is 6.40. The highest BCUT2D eigenvalue weighted by molar-refractivity contribution is 14.0. The molecule has 130 valence electrons. The van der Waals surface area contributed by atoms with Crippen molar-refractivity contribution in [2.75, 3.05) is 19.6 Å². The number of nitrogens with zero attached hydrogens (tertiary/aromatic N) is 1. The molecule has 0 amide bonds. The van der Waals surface area contributed by atoms with E-state index in [0.717, 1.165) is 24.2 Å². The molecule has 4 nitrogen and oxygen atoms in total. The van der Waals surface area contributed by atoms with E-state index in [1.54, 1.807) is 24.5 Å². The lowest BCUT2D eigenvalue weighted by atomic mass is 10.1. The average Bonchev–Trinajstić information content (AvgIpc) is 3.05. The maximum absolute atomic E-state index is 13.1. The molecule has 0 saturated heterocycles. The van der Waals surface area contributed by atoms with E-state index in [1.165, 1.54) is 6.07 Å². The number of rotatable bonds is 8. The summed E-state index contributed by atoms with van der Waals surface area (Å²) in [6, 6.07) is 10.4. The highest BCUT2D eigenvalue weighted by Crippen LogP contribution is 2.03. The Morgan fingerprint density at radius 1 is 1.21 bits per heavy atom. The quantitative estimate of drug-likeness (QED) is 0.284. The summed E-state index contributed by atoms with van der Waals surface area (Å²) in [6.07, 6.45) is 4.91. The Morgan fingerprint density at radius 2 is 2.08 bits per heavy atom. The number of hydrogen-bond donors (Lipinski definition) is 2. The van der Waals surface area contributed by atoms with E-state index < -0.39 is 0 Å². The number of aliphatic imine (C=N–C) groups is 1. The molecular weight excluding hydrogens is 420 g/mol. The molecule has 0 fully saturated rings. The molecule has 1 heterocycles. The normalized spacial score (nSPS) is 10.8. The van der Waals surface area contributed by atoms with Crippen molar-refractivity contribution in [3.8, 4) is 0 Å². The zero-order chi connectivity index (χ0) is 16.3. The summed E-state index contributed by atoms with van der Waals surface area (Å²) in [5.41, 5.74) is 0.955. The molecule has 2 N–H and O–H groups in total. The maximum atomic E-state index is 13.1. The molecule has 0 aliphatic carbocycles. The minimum Gasteiger partial charge on any atom is -0.469 e. The zero-order valence-corrected chi connectivity index (χ0v) is 15.8. The van der Waals surface area contributed by atoms with Crippen molar-refractivity contribution in [3.63, 3.8) is 0 Å². The van der Waals surface area contributed by atoms with E-state index in [1.807, 2.05) is 18.2 Å². The summed E-state index contributed by atoms with van der Waals surface area (Å²) in [6.45, 7) is 5.62. The number of nitrogens with one attached hydrogen (secondary N) is 2. The van der Waals surface area contributed by atoms with Crippen LogP contribution in [0.4, 0.5) is 4.39 Å². The van der Waals surface area contributed by atoms with Gasteiger partial charge in [-0.2, -0.15) is 0 Å². The molecular formula is C18H23FIN3O. The Morgan fingerprint density at radius 3 is 2.79 bits per heavy atom. The monoisotopic (exact) mass is 443 g/mol. The molecule has 0 atom stereocenters. The van der Waals surface area contributed by atoms with Crippen molar-refractivity contribution in [2.24, 2.45) is 4.99 Å². The van der Waals surface area contributed by atoms with E-state index in [4.69, 9.17) is 4.42 Å². The van der Waals surface area contributed by atoms with Gasteiger partial charge in [-0.05, 0) is 36.2 Å². The first-order valence-electron chi connectivity index (χ1n) is 7.68. The van der Waals surface area contributed by atoms with Gasteiger partial charge in [0.25, 0.3) is 0 Å².